The maximum absolute atomic E-state index is 13.3. The number of rotatable bonds is 6. The second-order valence-corrected chi connectivity index (χ2v) is 8.54. The maximum atomic E-state index is 13.3. The lowest BCUT2D eigenvalue weighted by molar-refractivity contribution is 0.0928. The third-order valence-electron chi connectivity index (χ3n) is 6.03. The number of nitrogens with zero attached hydrogens (tertiary/aromatic N) is 2. The van der Waals surface area contributed by atoms with Crippen LogP contribution in [0.4, 0.5) is 0 Å². The molecule has 1 amide bonds. The average Bonchev–Trinajstić information content (AvgIpc) is 3.51. The number of aromatic nitrogens is 2. The fourth-order valence-electron chi connectivity index (χ4n) is 4.11. The van der Waals surface area contributed by atoms with Gasteiger partial charge in [0.1, 0.15) is 5.56 Å². The van der Waals surface area contributed by atoms with Crippen LogP contribution in [-0.4, -0.2) is 22.3 Å². The second-order valence-electron chi connectivity index (χ2n) is 8.54. The maximum Gasteiger partial charge on any atom is 0.263 e. The number of fused-ring (bicyclic) bond motifs is 1. The number of amides is 1. The third-order valence-corrected chi connectivity index (χ3v) is 6.03. The van der Waals surface area contributed by atoms with Gasteiger partial charge in [0.05, 0.1) is 18.3 Å². The van der Waals surface area contributed by atoms with Crippen LogP contribution >= 0.6 is 0 Å². The molecule has 1 fully saturated rings. The van der Waals surface area contributed by atoms with E-state index in [9.17, 15) is 9.59 Å². The van der Waals surface area contributed by atoms with Gasteiger partial charge in [-0.2, -0.15) is 0 Å². The summed E-state index contributed by atoms with van der Waals surface area (Å²) in [6.45, 7) is 4.33. The van der Waals surface area contributed by atoms with Crippen molar-refractivity contribution >= 4 is 5.91 Å². The van der Waals surface area contributed by atoms with Gasteiger partial charge in [-0.15, -0.1) is 0 Å². The molecule has 1 N–H and O–H groups in total. The molecule has 0 radical (unpaired) electrons. The number of benzene rings is 1. The second kappa shape index (κ2) is 8.15. The first kappa shape index (κ1) is 20.3. The number of nitrogens with one attached hydrogen (secondary N) is 1. The molecule has 7 heteroatoms. The van der Waals surface area contributed by atoms with Gasteiger partial charge in [0.2, 0.25) is 6.79 Å². The number of pyridine rings is 2. The van der Waals surface area contributed by atoms with Crippen LogP contribution in [0.3, 0.4) is 0 Å². The Hall–Kier alpha value is -3.61. The van der Waals surface area contributed by atoms with Crippen molar-refractivity contribution in [2.45, 2.75) is 39.3 Å². The highest BCUT2D eigenvalue weighted by molar-refractivity contribution is 5.95. The van der Waals surface area contributed by atoms with Crippen LogP contribution in [0.2, 0.25) is 0 Å². The molecule has 164 valence electrons. The first-order valence-electron chi connectivity index (χ1n) is 10.8. The molecule has 3 heterocycles. The van der Waals surface area contributed by atoms with Crippen molar-refractivity contribution < 1.29 is 14.3 Å². The van der Waals surface area contributed by atoms with Gasteiger partial charge in [-0.05, 0) is 79.6 Å². The largest absolute Gasteiger partial charge is 0.454 e. The Morgan fingerprint density at radius 2 is 1.97 bits per heavy atom. The molecule has 1 unspecified atom stereocenters. The van der Waals surface area contributed by atoms with Gasteiger partial charge >= 0.3 is 0 Å². The zero-order valence-corrected chi connectivity index (χ0v) is 18.1. The number of hydrogen-bond donors (Lipinski definition) is 1. The highest BCUT2D eigenvalue weighted by atomic mass is 16.7. The molecule has 3 aromatic rings. The highest BCUT2D eigenvalue weighted by Crippen LogP contribution is 2.40. The molecule has 7 nitrogen and oxygen atoms in total. The average molecular weight is 431 g/mol. The molecule has 2 aliphatic rings. The fraction of sp³-hybridized carbons (Fsp3) is 0.320. The number of ether oxygens (including phenoxy) is 2. The number of hydrogen-bond acceptors (Lipinski definition) is 5. The summed E-state index contributed by atoms with van der Waals surface area (Å²) < 4.78 is 12.3. The molecular weight excluding hydrogens is 406 g/mol. The number of carbonyl (C=O) groups excluding carboxylic acids is 1. The number of aryl methyl sites for hydroxylation is 2. The summed E-state index contributed by atoms with van der Waals surface area (Å²) in [5.74, 6) is 1.36. The lowest BCUT2D eigenvalue weighted by atomic mass is 10.0. The highest BCUT2D eigenvalue weighted by Gasteiger charge is 2.35. The third kappa shape index (κ3) is 3.98. The number of carbonyl (C=O) groups is 1. The van der Waals surface area contributed by atoms with Crippen molar-refractivity contribution in [2.24, 2.45) is 5.92 Å². The summed E-state index contributed by atoms with van der Waals surface area (Å²) in [5.41, 5.74) is 3.35. The summed E-state index contributed by atoms with van der Waals surface area (Å²) in [7, 11) is 0. The Morgan fingerprint density at radius 1 is 1.16 bits per heavy atom. The van der Waals surface area contributed by atoms with E-state index in [0.29, 0.717) is 29.5 Å². The fourth-order valence-corrected chi connectivity index (χ4v) is 4.11. The van der Waals surface area contributed by atoms with Gasteiger partial charge in [-0.3, -0.25) is 14.6 Å². The predicted octanol–water partition coefficient (Wildman–Crippen LogP) is 3.52. The smallest absolute Gasteiger partial charge is 0.263 e. The first-order valence-corrected chi connectivity index (χ1v) is 10.8. The molecular formula is C25H25N3O4. The van der Waals surface area contributed by atoms with E-state index < -0.39 is 0 Å². The van der Waals surface area contributed by atoms with Crippen molar-refractivity contribution in [2.75, 3.05) is 6.79 Å². The molecule has 5 rings (SSSR count). The standard InChI is InChI=1S/C25H25N3O4/c1-15-7-9-26-19(11-15)23(18-4-5-18)27-24(29)22-16(2)8-10-28(25(22)30)13-17-3-6-20-21(12-17)32-14-31-20/h3,6-12,18,23H,4-5,13-14H2,1-2H3,(H,27,29). The lowest BCUT2D eigenvalue weighted by Gasteiger charge is -2.19. The van der Waals surface area contributed by atoms with Crippen LogP contribution in [0.15, 0.2) is 53.6 Å². The Morgan fingerprint density at radius 3 is 2.75 bits per heavy atom. The molecule has 1 saturated carbocycles. The van der Waals surface area contributed by atoms with Gasteiger partial charge in [0, 0.05) is 12.4 Å². The van der Waals surface area contributed by atoms with Crippen LogP contribution < -0.4 is 20.3 Å². The van der Waals surface area contributed by atoms with Crippen LogP contribution in [0.25, 0.3) is 0 Å². The Balaban J connectivity index is 1.41. The van der Waals surface area contributed by atoms with E-state index >= 15 is 0 Å². The predicted molar refractivity (Wildman–Crippen MR) is 119 cm³/mol. The molecule has 1 aromatic carbocycles. The molecule has 1 aliphatic heterocycles. The van der Waals surface area contributed by atoms with Crippen LogP contribution in [0.5, 0.6) is 11.5 Å². The minimum Gasteiger partial charge on any atom is -0.454 e. The van der Waals surface area contributed by atoms with E-state index in [1.54, 1.807) is 30.0 Å². The van der Waals surface area contributed by atoms with E-state index in [1.807, 2.05) is 37.3 Å². The van der Waals surface area contributed by atoms with E-state index in [1.165, 1.54) is 0 Å². The van der Waals surface area contributed by atoms with E-state index in [-0.39, 0.29) is 29.9 Å². The van der Waals surface area contributed by atoms with Gasteiger partial charge in [0.25, 0.3) is 11.5 Å². The quantitative estimate of drug-likeness (QED) is 0.646. The molecule has 0 saturated heterocycles. The minimum absolute atomic E-state index is 0.173. The molecule has 32 heavy (non-hydrogen) atoms. The minimum atomic E-state index is -0.354. The normalized spacial score (nSPS) is 15.4. The van der Waals surface area contributed by atoms with Crippen LogP contribution in [-0.2, 0) is 6.54 Å². The Bertz CT molecular complexity index is 1250. The molecule has 0 spiro atoms. The van der Waals surface area contributed by atoms with Crippen LogP contribution in [0.1, 0.15) is 51.6 Å². The van der Waals surface area contributed by atoms with E-state index in [2.05, 4.69) is 10.3 Å². The molecule has 1 atom stereocenters. The lowest BCUT2D eigenvalue weighted by Crippen LogP contribution is -2.37. The van der Waals surface area contributed by atoms with Crippen molar-refractivity contribution in [3.8, 4) is 11.5 Å². The molecule has 2 aromatic heterocycles. The molecule has 0 bridgehead atoms. The zero-order chi connectivity index (χ0) is 22.2. The van der Waals surface area contributed by atoms with Gasteiger partial charge in [0.15, 0.2) is 11.5 Å². The topological polar surface area (TPSA) is 82.5 Å². The van der Waals surface area contributed by atoms with E-state index in [0.717, 1.165) is 29.7 Å². The van der Waals surface area contributed by atoms with E-state index in [4.69, 9.17) is 9.47 Å². The van der Waals surface area contributed by atoms with Crippen molar-refractivity contribution in [3.05, 3.63) is 87.1 Å². The van der Waals surface area contributed by atoms with Crippen molar-refractivity contribution in [1.82, 2.24) is 14.9 Å². The monoisotopic (exact) mass is 431 g/mol. The molecule has 1 aliphatic carbocycles. The summed E-state index contributed by atoms with van der Waals surface area (Å²) in [6, 6.07) is 11.1. The summed E-state index contributed by atoms with van der Waals surface area (Å²) >= 11 is 0. The first-order chi connectivity index (χ1) is 15.5. The van der Waals surface area contributed by atoms with Gasteiger partial charge in [-0.25, -0.2) is 0 Å². The van der Waals surface area contributed by atoms with Gasteiger partial charge in [-0.1, -0.05) is 6.07 Å². The van der Waals surface area contributed by atoms with Crippen molar-refractivity contribution in [3.63, 3.8) is 0 Å². The Labute approximate surface area is 186 Å². The van der Waals surface area contributed by atoms with Gasteiger partial charge < -0.3 is 19.4 Å². The summed E-state index contributed by atoms with van der Waals surface area (Å²) in [5, 5.41) is 3.09. The SMILES string of the molecule is Cc1ccnc(C(NC(=O)c2c(C)ccn(Cc3ccc4c(c3)OCO4)c2=O)C2CC2)c1. The zero-order valence-electron chi connectivity index (χ0n) is 18.1. The summed E-state index contributed by atoms with van der Waals surface area (Å²) in [6.07, 6.45) is 5.57. The Kier molecular flexibility index (Phi) is 5.17. The summed E-state index contributed by atoms with van der Waals surface area (Å²) in [4.78, 5) is 31.0. The van der Waals surface area contributed by atoms with Crippen LogP contribution in [0, 0.1) is 19.8 Å². The van der Waals surface area contributed by atoms with Crippen molar-refractivity contribution in [1.29, 1.82) is 0 Å².